The summed E-state index contributed by atoms with van der Waals surface area (Å²) in [6.45, 7) is 4.24. The molecule has 0 saturated carbocycles. The Morgan fingerprint density at radius 1 is 0.553 bits per heavy atom. The molecule has 186 valence electrons. The molecular formula is C34H26O4. The highest BCUT2D eigenvalue weighted by Gasteiger charge is 2.46. The second kappa shape index (κ2) is 7.35. The maximum absolute atomic E-state index is 13.7. The summed E-state index contributed by atoms with van der Waals surface area (Å²) in [6.07, 6.45) is 12.8. The number of fused-ring (bicyclic) bond motifs is 4. The van der Waals surface area contributed by atoms with E-state index in [2.05, 4.69) is 13.8 Å². The van der Waals surface area contributed by atoms with Gasteiger partial charge in [-0.3, -0.25) is 19.2 Å². The van der Waals surface area contributed by atoms with E-state index in [0.29, 0.717) is 70.3 Å². The van der Waals surface area contributed by atoms with E-state index in [0.717, 1.165) is 48.0 Å². The molecule has 4 heteroatoms. The van der Waals surface area contributed by atoms with E-state index in [-0.39, 0.29) is 23.1 Å². The summed E-state index contributed by atoms with van der Waals surface area (Å²) in [4.78, 5) is 53.7. The van der Waals surface area contributed by atoms with Gasteiger partial charge >= 0.3 is 0 Å². The highest BCUT2D eigenvalue weighted by molar-refractivity contribution is 6.31. The van der Waals surface area contributed by atoms with Gasteiger partial charge in [-0.2, -0.15) is 0 Å². The molecule has 0 amide bonds. The van der Waals surface area contributed by atoms with Gasteiger partial charge in [-0.05, 0) is 67.7 Å². The van der Waals surface area contributed by atoms with Gasteiger partial charge in [0.2, 0.25) is 0 Å². The van der Waals surface area contributed by atoms with Crippen LogP contribution >= 0.6 is 0 Å². The highest BCUT2D eigenvalue weighted by Crippen LogP contribution is 2.56. The van der Waals surface area contributed by atoms with E-state index in [1.165, 1.54) is 22.3 Å². The zero-order chi connectivity index (χ0) is 26.0. The fourth-order valence-electron chi connectivity index (χ4n) is 8.04. The zero-order valence-corrected chi connectivity index (χ0v) is 21.6. The molecular weight excluding hydrogens is 472 g/mol. The van der Waals surface area contributed by atoms with Crippen molar-refractivity contribution in [3.8, 4) is 0 Å². The van der Waals surface area contributed by atoms with Crippen LogP contribution in [-0.2, 0) is 19.2 Å². The van der Waals surface area contributed by atoms with Crippen LogP contribution in [0.2, 0.25) is 0 Å². The van der Waals surface area contributed by atoms with Crippen molar-refractivity contribution in [3.63, 3.8) is 0 Å². The Balaban J connectivity index is 1.20. The van der Waals surface area contributed by atoms with E-state index in [1.807, 2.05) is 24.3 Å². The number of carbonyl (C=O) groups is 4. The number of hydrogen-bond acceptors (Lipinski definition) is 4. The molecule has 38 heavy (non-hydrogen) atoms. The first-order chi connectivity index (χ1) is 18.4. The van der Waals surface area contributed by atoms with E-state index in [9.17, 15) is 19.2 Å². The molecule has 0 saturated heterocycles. The summed E-state index contributed by atoms with van der Waals surface area (Å²) in [5.74, 6) is 0.0866. The first kappa shape index (κ1) is 22.1. The van der Waals surface area contributed by atoms with Gasteiger partial charge in [-0.15, -0.1) is 0 Å². The number of ketones is 4. The summed E-state index contributed by atoms with van der Waals surface area (Å²) in [5, 5.41) is 0. The first-order valence-corrected chi connectivity index (χ1v) is 13.7. The molecule has 4 nitrogen and oxygen atoms in total. The number of allylic oxidation sites excluding steroid dienone is 20. The van der Waals surface area contributed by atoms with Gasteiger partial charge in [0, 0.05) is 57.4 Å². The fraction of sp³-hybridized carbons (Fsp3) is 0.294. The third-order valence-corrected chi connectivity index (χ3v) is 9.71. The molecule has 0 aromatic carbocycles. The Morgan fingerprint density at radius 2 is 1.11 bits per heavy atom. The molecule has 8 aliphatic carbocycles. The molecule has 0 bridgehead atoms. The van der Waals surface area contributed by atoms with E-state index >= 15 is 0 Å². The smallest absolute Gasteiger partial charge is 0.191 e. The lowest BCUT2D eigenvalue weighted by Crippen LogP contribution is -2.20. The molecule has 8 rings (SSSR count). The predicted molar refractivity (Wildman–Crippen MR) is 143 cm³/mol. The van der Waals surface area contributed by atoms with Crippen LogP contribution in [0.5, 0.6) is 0 Å². The molecule has 0 N–H and O–H groups in total. The maximum atomic E-state index is 13.7. The molecule has 0 fully saturated rings. The van der Waals surface area contributed by atoms with Gasteiger partial charge in [-0.25, -0.2) is 0 Å². The minimum atomic E-state index is 0.0103. The Labute approximate surface area is 220 Å². The van der Waals surface area contributed by atoms with Crippen LogP contribution in [-0.4, -0.2) is 23.1 Å². The lowest BCUT2D eigenvalue weighted by molar-refractivity contribution is -0.116. The Bertz CT molecular complexity index is 1760. The number of hydrogen-bond donors (Lipinski definition) is 0. The molecule has 0 aliphatic heterocycles. The fourth-order valence-corrected chi connectivity index (χ4v) is 8.04. The Morgan fingerprint density at radius 3 is 1.68 bits per heavy atom. The van der Waals surface area contributed by atoms with Gasteiger partial charge < -0.3 is 0 Å². The molecule has 8 aliphatic rings. The maximum Gasteiger partial charge on any atom is 0.191 e. The number of carbonyl (C=O) groups excluding carboxylic acids is 4. The van der Waals surface area contributed by atoms with Gasteiger partial charge in [0.05, 0.1) is 0 Å². The summed E-state index contributed by atoms with van der Waals surface area (Å²) in [5.41, 5.74) is 14.4. The molecule has 0 heterocycles. The topological polar surface area (TPSA) is 68.3 Å². The minimum Gasteiger partial charge on any atom is -0.289 e. The standard InChI is InChI=1S/C34H26O4/c1-3-16-11-18(28-23(16)13-26-30(28)34(38)22-9-5-7-20(22)32(26)36)12-17-10-15(2)27-24(17)14-25-29(27)33(37)21-8-4-6-19(21)31(25)35/h4-7H,3,8-14H2,1-2H3. The summed E-state index contributed by atoms with van der Waals surface area (Å²) in [7, 11) is 0. The van der Waals surface area contributed by atoms with Crippen molar-refractivity contribution in [1.29, 1.82) is 0 Å². The number of Topliss-reactive ketones (excluding diaryl/α,β-unsaturated/α-hetero) is 4. The van der Waals surface area contributed by atoms with Gasteiger partial charge in [0.1, 0.15) is 0 Å². The predicted octanol–water partition coefficient (Wildman–Crippen LogP) is 6.02. The number of rotatable bonds is 3. The quantitative estimate of drug-likeness (QED) is 0.447. The Hall–Kier alpha value is -3.92. The van der Waals surface area contributed by atoms with E-state index < -0.39 is 0 Å². The molecule has 0 atom stereocenters. The van der Waals surface area contributed by atoms with Crippen molar-refractivity contribution >= 4 is 23.1 Å². The van der Waals surface area contributed by atoms with Crippen LogP contribution in [0.3, 0.4) is 0 Å². The average molecular weight is 499 g/mol. The van der Waals surface area contributed by atoms with Crippen LogP contribution in [0, 0.1) is 0 Å². The largest absolute Gasteiger partial charge is 0.289 e. The van der Waals surface area contributed by atoms with Crippen molar-refractivity contribution in [1.82, 2.24) is 0 Å². The van der Waals surface area contributed by atoms with Crippen LogP contribution in [0.1, 0.15) is 65.2 Å². The average Bonchev–Trinajstić information content (AvgIpc) is 3.72. The van der Waals surface area contributed by atoms with Gasteiger partial charge in [-0.1, -0.05) is 53.5 Å². The van der Waals surface area contributed by atoms with Crippen molar-refractivity contribution < 1.29 is 19.2 Å². The zero-order valence-electron chi connectivity index (χ0n) is 21.6. The van der Waals surface area contributed by atoms with E-state index in [1.54, 1.807) is 0 Å². The summed E-state index contributed by atoms with van der Waals surface area (Å²) < 4.78 is 0. The lowest BCUT2D eigenvalue weighted by Gasteiger charge is -2.17. The van der Waals surface area contributed by atoms with Gasteiger partial charge in [0.15, 0.2) is 23.1 Å². The monoisotopic (exact) mass is 498 g/mol. The molecule has 0 aromatic rings. The molecule has 0 radical (unpaired) electrons. The summed E-state index contributed by atoms with van der Waals surface area (Å²) >= 11 is 0. The molecule has 0 spiro atoms. The van der Waals surface area contributed by atoms with Crippen LogP contribution < -0.4 is 0 Å². The van der Waals surface area contributed by atoms with Crippen molar-refractivity contribution in [3.05, 3.63) is 113 Å². The second-order valence-corrected chi connectivity index (χ2v) is 11.6. The van der Waals surface area contributed by atoms with Crippen LogP contribution in [0.25, 0.3) is 0 Å². The molecule has 0 aromatic heterocycles. The van der Waals surface area contributed by atoms with Crippen LogP contribution in [0.4, 0.5) is 0 Å². The van der Waals surface area contributed by atoms with Crippen molar-refractivity contribution in [2.75, 3.05) is 0 Å². The lowest BCUT2D eigenvalue weighted by atomic mass is 9.83. The van der Waals surface area contributed by atoms with Crippen molar-refractivity contribution in [2.45, 2.75) is 65.2 Å². The highest BCUT2D eigenvalue weighted by atomic mass is 16.1. The third kappa shape index (κ3) is 2.56. The molecule has 0 unspecified atom stereocenters. The third-order valence-electron chi connectivity index (χ3n) is 9.71. The summed E-state index contributed by atoms with van der Waals surface area (Å²) in [6, 6.07) is 0. The van der Waals surface area contributed by atoms with Gasteiger partial charge in [0.25, 0.3) is 0 Å². The van der Waals surface area contributed by atoms with Crippen LogP contribution in [0.15, 0.2) is 113 Å². The van der Waals surface area contributed by atoms with E-state index in [4.69, 9.17) is 0 Å². The Kier molecular flexibility index (Phi) is 4.27. The van der Waals surface area contributed by atoms with Crippen molar-refractivity contribution in [2.24, 2.45) is 0 Å². The SMILES string of the molecule is CCC1=C2CC3=C(C(=O)C4=C(C=CC4)C3=O)C2=C(CC2=C3CC4=C(C(=O)C5=C(C=CC5)C4=O)C3=C(C)C2)C1. The minimum absolute atomic E-state index is 0.0103. The first-order valence-electron chi connectivity index (χ1n) is 13.7. The second-order valence-electron chi connectivity index (χ2n) is 11.6. The normalized spacial score (nSPS) is 25.4.